The molecular formula is C12H18O2. The molecule has 2 nitrogen and oxygen atoms in total. The third-order valence-corrected chi connectivity index (χ3v) is 2.43. The molecule has 0 aliphatic rings. The van der Waals surface area contributed by atoms with Crippen molar-refractivity contribution in [3.8, 4) is 0 Å². The average molecular weight is 194 g/mol. The number of benzene rings is 1. The summed E-state index contributed by atoms with van der Waals surface area (Å²) in [5, 5.41) is 18.9. The summed E-state index contributed by atoms with van der Waals surface area (Å²) in [6, 6.07) is 10.0. The maximum absolute atomic E-state index is 9.53. The molecule has 0 bridgehead atoms. The van der Waals surface area contributed by atoms with Crippen LogP contribution in [0.25, 0.3) is 0 Å². The molecule has 0 radical (unpaired) electrons. The van der Waals surface area contributed by atoms with Gasteiger partial charge in [0.2, 0.25) is 0 Å². The van der Waals surface area contributed by atoms with E-state index in [1.165, 1.54) is 5.56 Å². The fraction of sp³-hybridized carbons (Fsp3) is 0.500. The second-order valence-electron chi connectivity index (χ2n) is 3.57. The van der Waals surface area contributed by atoms with Gasteiger partial charge in [-0.3, -0.25) is 0 Å². The van der Waals surface area contributed by atoms with Gasteiger partial charge in [-0.25, -0.2) is 0 Å². The Kier molecular flexibility index (Phi) is 4.63. The molecule has 0 spiro atoms. The van der Waals surface area contributed by atoms with Gasteiger partial charge in [-0.1, -0.05) is 37.3 Å². The van der Waals surface area contributed by atoms with Gasteiger partial charge in [0.1, 0.15) is 0 Å². The van der Waals surface area contributed by atoms with Crippen molar-refractivity contribution in [2.24, 2.45) is 0 Å². The maximum Gasteiger partial charge on any atom is 0.0802 e. The summed E-state index contributed by atoms with van der Waals surface area (Å²) >= 11 is 0. The lowest BCUT2D eigenvalue weighted by molar-refractivity contribution is 0.0130. The van der Waals surface area contributed by atoms with Crippen LogP contribution in [0.2, 0.25) is 0 Å². The van der Waals surface area contributed by atoms with Crippen molar-refractivity contribution in [3.63, 3.8) is 0 Å². The number of hydrogen-bond acceptors (Lipinski definition) is 2. The quantitative estimate of drug-likeness (QED) is 0.749. The van der Waals surface area contributed by atoms with Crippen LogP contribution < -0.4 is 0 Å². The lowest BCUT2D eigenvalue weighted by Crippen LogP contribution is -2.25. The smallest absolute Gasteiger partial charge is 0.0802 e. The largest absolute Gasteiger partial charge is 0.390 e. The highest BCUT2D eigenvalue weighted by Crippen LogP contribution is 2.08. The van der Waals surface area contributed by atoms with Gasteiger partial charge < -0.3 is 10.2 Å². The molecule has 0 unspecified atom stereocenters. The first-order chi connectivity index (χ1) is 6.74. The summed E-state index contributed by atoms with van der Waals surface area (Å²) in [7, 11) is 0. The number of aliphatic hydroxyl groups is 2. The minimum absolute atomic E-state index is 0.585. The lowest BCUT2D eigenvalue weighted by Gasteiger charge is -2.15. The van der Waals surface area contributed by atoms with Crippen LogP contribution >= 0.6 is 0 Å². The molecule has 1 aromatic rings. The van der Waals surface area contributed by atoms with Crippen molar-refractivity contribution in [2.45, 2.75) is 38.4 Å². The van der Waals surface area contributed by atoms with Gasteiger partial charge in [0, 0.05) is 0 Å². The Balaban J connectivity index is 2.34. The number of aryl methyl sites for hydroxylation is 1. The second-order valence-corrected chi connectivity index (χ2v) is 3.57. The average Bonchev–Trinajstić information content (AvgIpc) is 2.26. The van der Waals surface area contributed by atoms with Crippen molar-refractivity contribution < 1.29 is 10.2 Å². The van der Waals surface area contributed by atoms with Crippen LogP contribution in [0.4, 0.5) is 0 Å². The lowest BCUT2D eigenvalue weighted by atomic mass is 10.0. The highest BCUT2D eigenvalue weighted by molar-refractivity contribution is 5.14. The van der Waals surface area contributed by atoms with E-state index in [0.717, 1.165) is 6.42 Å². The van der Waals surface area contributed by atoms with E-state index in [1.54, 1.807) is 0 Å². The zero-order valence-corrected chi connectivity index (χ0v) is 8.56. The van der Waals surface area contributed by atoms with Gasteiger partial charge >= 0.3 is 0 Å². The van der Waals surface area contributed by atoms with Gasteiger partial charge in [0.15, 0.2) is 0 Å². The van der Waals surface area contributed by atoms with E-state index in [2.05, 4.69) is 0 Å². The van der Waals surface area contributed by atoms with Crippen LogP contribution in [-0.2, 0) is 6.42 Å². The molecule has 0 aromatic heterocycles. The van der Waals surface area contributed by atoms with Crippen LogP contribution in [0.3, 0.4) is 0 Å². The fourth-order valence-corrected chi connectivity index (χ4v) is 1.42. The zero-order valence-electron chi connectivity index (χ0n) is 8.56. The van der Waals surface area contributed by atoms with Gasteiger partial charge in [-0.15, -0.1) is 0 Å². The molecule has 78 valence electrons. The first-order valence-electron chi connectivity index (χ1n) is 5.14. The van der Waals surface area contributed by atoms with Gasteiger partial charge in [0.05, 0.1) is 12.2 Å². The molecule has 14 heavy (non-hydrogen) atoms. The van der Waals surface area contributed by atoms with E-state index in [0.29, 0.717) is 12.8 Å². The molecule has 2 atom stereocenters. The first-order valence-corrected chi connectivity index (χ1v) is 5.14. The van der Waals surface area contributed by atoms with Crippen molar-refractivity contribution in [1.29, 1.82) is 0 Å². The molecule has 0 saturated carbocycles. The third-order valence-electron chi connectivity index (χ3n) is 2.43. The predicted molar refractivity (Wildman–Crippen MR) is 57.1 cm³/mol. The van der Waals surface area contributed by atoms with Crippen molar-refractivity contribution in [2.75, 3.05) is 0 Å². The summed E-state index contributed by atoms with van der Waals surface area (Å²) in [4.78, 5) is 0. The first kappa shape index (κ1) is 11.2. The number of rotatable bonds is 5. The molecule has 0 fully saturated rings. The molecule has 2 heteroatoms. The van der Waals surface area contributed by atoms with E-state index in [9.17, 15) is 10.2 Å². The summed E-state index contributed by atoms with van der Waals surface area (Å²) < 4.78 is 0. The van der Waals surface area contributed by atoms with Gasteiger partial charge in [-0.2, -0.15) is 0 Å². The van der Waals surface area contributed by atoms with Crippen molar-refractivity contribution in [1.82, 2.24) is 0 Å². The van der Waals surface area contributed by atoms with Gasteiger partial charge in [0.25, 0.3) is 0 Å². The third kappa shape index (κ3) is 3.48. The Hall–Kier alpha value is -0.860. The Morgan fingerprint density at radius 1 is 1.07 bits per heavy atom. The van der Waals surface area contributed by atoms with E-state index >= 15 is 0 Å². The molecule has 1 aromatic carbocycles. The standard InChI is InChI=1S/C12H18O2/c1-2-11(13)12(14)9-8-10-6-4-3-5-7-10/h3-7,11-14H,2,8-9H2,1H3/t11-,12-/m1/s1. The van der Waals surface area contributed by atoms with E-state index in [-0.39, 0.29) is 0 Å². The molecular weight excluding hydrogens is 176 g/mol. The minimum atomic E-state index is -0.597. The van der Waals surface area contributed by atoms with E-state index in [1.807, 2.05) is 37.3 Å². The maximum atomic E-state index is 9.53. The zero-order chi connectivity index (χ0) is 10.4. The van der Waals surface area contributed by atoms with E-state index < -0.39 is 12.2 Å². The summed E-state index contributed by atoms with van der Waals surface area (Å²) in [5.41, 5.74) is 1.20. The Labute approximate surface area is 85.2 Å². The summed E-state index contributed by atoms with van der Waals surface area (Å²) in [6.45, 7) is 1.87. The molecule has 1 rings (SSSR count). The van der Waals surface area contributed by atoms with Crippen molar-refractivity contribution in [3.05, 3.63) is 35.9 Å². The SMILES string of the molecule is CC[C@@H](O)[C@H](O)CCc1ccccc1. The summed E-state index contributed by atoms with van der Waals surface area (Å²) in [5.74, 6) is 0. The molecule has 0 saturated heterocycles. The monoisotopic (exact) mass is 194 g/mol. The van der Waals surface area contributed by atoms with Crippen molar-refractivity contribution >= 4 is 0 Å². The minimum Gasteiger partial charge on any atom is -0.390 e. The molecule has 0 amide bonds. The molecule has 0 heterocycles. The summed E-state index contributed by atoms with van der Waals surface area (Å²) in [6.07, 6.45) is 0.868. The van der Waals surface area contributed by atoms with Crippen LogP contribution in [0.5, 0.6) is 0 Å². The van der Waals surface area contributed by atoms with Crippen LogP contribution in [0.15, 0.2) is 30.3 Å². The predicted octanol–water partition coefficient (Wildman–Crippen LogP) is 1.75. The Morgan fingerprint density at radius 2 is 1.71 bits per heavy atom. The Bertz CT molecular complexity index is 246. The van der Waals surface area contributed by atoms with Crippen LogP contribution in [0.1, 0.15) is 25.3 Å². The van der Waals surface area contributed by atoms with Crippen LogP contribution in [0, 0.1) is 0 Å². The molecule has 0 aliphatic heterocycles. The van der Waals surface area contributed by atoms with E-state index in [4.69, 9.17) is 0 Å². The Morgan fingerprint density at radius 3 is 2.29 bits per heavy atom. The number of hydrogen-bond donors (Lipinski definition) is 2. The fourth-order valence-electron chi connectivity index (χ4n) is 1.42. The molecule has 0 aliphatic carbocycles. The highest BCUT2D eigenvalue weighted by atomic mass is 16.3. The highest BCUT2D eigenvalue weighted by Gasteiger charge is 2.13. The molecule has 2 N–H and O–H groups in total. The number of aliphatic hydroxyl groups excluding tert-OH is 2. The van der Waals surface area contributed by atoms with Gasteiger partial charge in [-0.05, 0) is 24.8 Å². The second kappa shape index (κ2) is 5.78. The van der Waals surface area contributed by atoms with Crippen LogP contribution in [-0.4, -0.2) is 22.4 Å². The normalized spacial score (nSPS) is 15.1. The topological polar surface area (TPSA) is 40.5 Å².